The monoisotopic (exact) mass is 247 g/mol. The van der Waals surface area contributed by atoms with E-state index in [-0.39, 0.29) is 11.9 Å². The second-order valence-corrected chi connectivity index (χ2v) is 4.03. The van der Waals surface area contributed by atoms with E-state index in [0.29, 0.717) is 28.6 Å². The summed E-state index contributed by atoms with van der Waals surface area (Å²) in [7, 11) is 0. The van der Waals surface area contributed by atoms with Crippen molar-refractivity contribution in [3.05, 3.63) is 34.6 Å². The maximum atomic E-state index is 13.1. The van der Waals surface area contributed by atoms with Crippen molar-refractivity contribution < 1.29 is 9.23 Å². The minimum atomic E-state index is -0.380. The van der Waals surface area contributed by atoms with E-state index in [2.05, 4.69) is 5.16 Å². The Morgan fingerprint density at radius 1 is 1.47 bits per heavy atom. The van der Waals surface area contributed by atoms with Crippen LogP contribution in [0.5, 0.6) is 0 Å². The van der Waals surface area contributed by atoms with E-state index in [1.807, 2.05) is 0 Å². The highest BCUT2D eigenvalue weighted by Crippen LogP contribution is 2.21. The summed E-state index contributed by atoms with van der Waals surface area (Å²) in [6.07, 6.45) is 0.465. The lowest BCUT2D eigenvalue weighted by Crippen LogP contribution is -2.09. The quantitative estimate of drug-likeness (QED) is 0.736. The highest BCUT2D eigenvalue weighted by atomic mass is 35.5. The minimum absolute atomic E-state index is 0.122. The molecule has 0 aliphatic carbocycles. The SMILES string of the molecule is Fc1cc(Cl)cc(C2=NOC(CCl)C2)c1. The molecule has 1 atom stereocenters. The molecule has 1 aromatic carbocycles. The van der Waals surface area contributed by atoms with Gasteiger partial charge in [-0.25, -0.2) is 4.39 Å². The van der Waals surface area contributed by atoms with Crippen molar-refractivity contribution in [2.75, 3.05) is 5.88 Å². The zero-order valence-corrected chi connectivity index (χ0v) is 9.22. The van der Waals surface area contributed by atoms with Crippen LogP contribution >= 0.6 is 23.2 Å². The van der Waals surface area contributed by atoms with Crippen LogP contribution in [-0.4, -0.2) is 17.7 Å². The molecule has 0 amide bonds. The van der Waals surface area contributed by atoms with Gasteiger partial charge in [0.15, 0.2) is 0 Å². The number of oxime groups is 1. The minimum Gasteiger partial charge on any atom is -0.391 e. The first-order chi connectivity index (χ1) is 7.19. The molecule has 80 valence electrons. The molecular weight excluding hydrogens is 240 g/mol. The van der Waals surface area contributed by atoms with Gasteiger partial charge in [-0.15, -0.1) is 11.6 Å². The third-order valence-corrected chi connectivity index (χ3v) is 2.66. The summed E-state index contributed by atoms with van der Waals surface area (Å²) in [4.78, 5) is 5.04. The van der Waals surface area contributed by atoms with Gasteiger partial charge in [0.2, 0.25) is 0 Å². The van der Waals surface area contributed by atoms with Crippen molar-refractivity contribution in [2.24, 2.45) is 5.16 Å². The molecule has 1 heterocycles. The van der Waals surface area contributed by atoms with Crippen LogP contribution in [-0.2, 0) is 4.84 Å². The molecule has 0 saturated heterocycles. The summed E-state index contributed by atoms with van der Waals surface area (Å²) in [5, 5.41) is 4.20. The molecule has 0 fully saturated rings. The van der Waals surface area contributed by atoms with Crippen molar-refractivity contribution >= 4 is 28.9 Å². The summed E-state index contributed by atoms with van der Waals surface area (Å²) in [5.41, 5.74) is 1.33. The molecule has 0 bridgehead atoms. The van der Waals surface area contributed by atoms with E-state index < -0.39 is 0 Å². The molecule has 2 nitrogen and oxygen atoms in total. The maximum absolute atomic E-state index is 13.1. The van der Waals surface area contributed by atoms with Gasteiger partial charge >= 0.3 is 0 Å². The standard InChI is InChI=1S/C10H8Cl2FNO/c11-5-9-4-10(14-15-9)6-1-7(12)3-8(13)2-6/h1-3,9H,4-5H2. The number of hydrogen-bond acceptors (Lipinski definition) is 2. The molecule has 5 heteroatoms. The van der Waals surface area contributed by atoms with E-state index in [0.717, 1.165) is 0 Å². The topological polar surface area (TPSA) is 21.6 Å². The van der Waals surface area contributed by atoms with Gasteiger partial charge in [0, 0.05) is 17.0 Å². The fourth-order valence-corrected chi connectivity index (χ4v) is 1.79. The fourth-order valence-electron chi connectivity index (χ4n) is 1.40. The van der Waals surface area contributed by atoms with Crippen molar-refractivity contribution in [3.8, 4) is 0 Å². The molecule has 2 rings (SSSR count). The smallest absolute Gasteiger partial charge is 0.146 e. The molecule has 1 unspecified atom stereocenters. The molecule has 0 saturated carbocycles. The second-order valence-electron chi connectivity index (χ2n) is 3.28. The number of nitrogens with zero attached hydrogens (tertiary/aromatic N) is 1. The molecule has 1 aliphatic rings. The van der Waals surface area contributed by atoms with E-state index in [1.54, 1.807) is 6.07 Å². The van der Waals surface area contributed by atoms with Gasteiger partial charge in [-0.2, -0.15) is 0 Å². The average molecular weight is 248 g/mol. The summed E-state index contributed by atoms with van der Waals surface area (Å²) < 4.78 is 13.1. The zero-order valence-electron chi connectivity index (χ0n) is 7.71. The van der Waals surface area contributed by atoms with Gasteiger partial charge in [-0.1, -0.05) is 16.8 Å². The molecule has 0 aromatic heterocycles. The molecule has 0 radical (unpaired) electrons. The van der Waals surface area contributed by atoms with Gasteiger partial charge in [0.05, 0.1) is 11.6 Å². The highest BCUT2D eigenvalue weighted by Gasteiger charge is 2.21. The Balaban J connectivity index is 2.24. The van der Waals surface area contributed by atoms with Crippen molar-refractivity contribution in [1.29, 1.82) is 0 Å². The lowest BCUT2D eigenvalue weighted by molar-refractivity contribution is 0.102. The molecule has 1 aromatic rings. The predicted molar refractivity (Wildman–Crippen MR) is 58.2 cm³/mol. The van der Waals surface area contributed by atoms with Crippen LogP contribution in [0.4, 0.5) is 4.39 Å². The molecular formula is C10H8Cl2FNO. The first-order valence-corrected chi connectivity index (χ1v) is 5.35. The van der Waals surface area contributed by atoms with Crippen LogP contribution in [0.2, 0.25) is 5.02 Å². The lowest BCUT2D eigenvalue weighted by Gasteiger charge is -2.02. The normalized spacial score (nSPS) is 19.9. The molecule has 0 N–H and O–H groups in total. The first kappa shape index (κ1) is 10.7. The summed E-state index contributed by atoms with van der Waals surface area (Å²) in [5.74, 6) is -0.00899. The van der Waals surface area contributed by atoms with Crippen LogP contribution in [0.15, 0.2) is 23.4 Å². The van der Waals surface area contributed by atoms with E-state index in [1.165, 1.54) is 12.1 Å². The van der Waals surface area contributed by atoms with Gasteiger partial charge in [-0.05, 0) is 18.2 Å². The molecule has 1 aliphatic heterocycles. The Morgan fingerprint density at radius 2 is 2.27 bits per heavy atom. The van der Waals surface area contributed by atoms with Gasteiger partial charge < -0.3 is 4.84 Å². The van der Waals surface area contributed by atoms with E-state index in [4.69, 9.17) is 28.0 Å². The van der Waals surface area contributed by atoms with Crippen LogP contribution in [0.1, 0.15) is 12.0 Å². The van der Waals surface area contributed by atoms with Crippen LogP contribution < -0.4 is 0 Å². The van der Waals surface area contributed by atoms with Crippen molar-refractivity contribution in [1.82, 2.24) is 0 Å². The number of halogens is 3. The third-order valence-electron chi connectivity index (χ3n) is 2.10. The van der Waals surface area contributed by atoms with E-state index in [9.17, 15) is 4.39 Å². The van der Waals surface area contributed by atoms with E-state index >= 15 is 0 Å². The Morgan fingerprint density at radius 3 is 2.87 bits per heavy atom. The first-order valence-electron chi connectivity index (χ1n) is 4.44. The fraction of sp³-hybridized carbons (Fsp3) is 0.300. The number of rotatable bonds is 2. The predicted octanol–water partition coefficient (Wildman–Crippen LogP) is 3.21. The Bertz CT molecular complexity index is 388. The third kappa shape index (κ3) is 2.41. The lowest BCUT2D eigenvalue weighted by atomic mass is 10.1. The Hall–Kier alpha value is -0.800. The largest absolute Gasteiger partial charge is 0.391 e. The Kier molecular flexibility index (Phi) is 3.12. The van der Waals surface area contributed by atoms with Crippen LogP contribution in [0.3, 0.4) is 0 Å². The van der Waals surface area contributed by atoms with Gasteiger partial charge in [-0.3, -0.25) is 0 Å². The summed E-state index contributed by atoms with van der Waals surface area (Å²) in [6, 6.07) is 4.29. The number of benzene rings is 1. The second kappa shape index (κ2) is 4.37. The van der Waals surface area contributed by atoms with Crippen molar-refractivity contribution in [3.63, 3.8) is 0 Å². The number of hydrogen-bond donors (Lipinski definition) is 0. The average Bonchev–Trinajstić information content (AvgIpc) is 2.64. The zero-order chi connectivity index (χ0) is 10.8. The maximum Gasteiger partial charge on any atom is 0.146 e. The Labute approximate surface area is 96.6 Å². The highest BCUT2D eigenvalue weighted by molar-refractivity contribution is 6.31. The van der Waals surface area contributed by atoms with Crippen molar-refractivity contribution in [2.45, 2.75) is 12.5 Å². The molecule has 15 heavy (non-hydrogen) atoms. The van der Waals surface area contributed by atoms with Crippen LogP contribution in [0, 0.1) is 5.82 Å². The van der Waals surface area contributed by atoms with Gasteiger partial charge in [0.25, 0.3) is 0 Å². The van der Waals surface area contributed by atoms with Crippen LogP contribution in [0.25, 0.3) is 0 Å². The molecule has 0 spiro atoms. The summed E-state index contributed by atoms with van der Waals surface area (Å²) >= 11 is 11.4. The summed E-state index contributed by atoms with van der Waals surface area (Å²) in [6.45, 7) is 0. The van der Waals surface area contributed by atoms with Gasteiger partial charge in [0.1, 0.15) is 11.9 Å². The number of alkyl halides is 1.